The van der Waals surface area contributed by atoms with Gasteiger partial charge in [-0.3, -0.25) is 4.79 Å². The van der Waals surface area contributed by atoms with Gasteiger partial charge in [0.2, 0.25) is 5.69 Å². The quantitative estimate of drug-likeness (QED) is 0.587. The molecule has 0 aliphatic carbocycles. The molecular formula is C17H17F3N4O3. The lowest BCUT2D eigenvalue weighted by molar-refractivity contribution is -0.142. The minimum Gasteiger partial charge on any atom is -0.497 e. The number of nitrogen functional groups attached to an aromatic ring is 2. The van der Waals surface area contributed by atoms with E-state index < -0.39 is 17.4 Å². The van der Waals surface area contributed by atoms with Gasteiger partial charge in [-0.25, -0.2) is 4.98 Å². The molecule has 3 aromatic rings. The third-order valence-corrected chi connectivity index (χ3v) is 3.46. The number of aromatic amines is 1. The van der Waals surface area contributed by atoms with E-state index in [1.807, 2.05) is 0 Å². The molecule has 0 amide bonds. The molecule has 1 heterocycles. The first-order valence-corrected chi connectivity index (χ1v) is 7.50. The average molecular weight is 382 g/mol. The molecule has 0 aliphatic heterocycles. The molecule has 0 aliphatic rings. The van der Waals surface area contributed by atoms with Crippen LogP contribution in [0.25, 0.3) is 11.0 Å². The second kappa shape index (κ2) is 7.85. The van der Waals surface area contributed by atoms with Crippen molar-refractivity contribution in [2.45, 2.75) is 6.18 Å². The maximum Gasteiger partial charge on any atom is 0.438 e. The van der Waals surface area contributed by atoms with Crippen molar-refractivity contribution in [1.29, 1.82) is 0 Å². The number of hydrogen-bond acceptors (Lipinski definition) is 6. The van der Waals surface area contributed by atoms with Crippen LogP contribution in [0.1, 0.15) is 5.69 Å². The minimum absolute atomic E-state index is 0.0534. The Kier molecular flexibility index (Phi) is 5.78. The zero-order valence-electron chi connectivity index (χ0n) is 14.4. The van der Waals surface area contributed by atoms with Gasteiger partial charge in [0.15, 0.2) is 0 Å². The smallest absolute Gasteiger partial charge is 0.438 e. The van der Waals surface area contributed by atoms with E-state index in [0.717, 1.165) is 5.75 Å². The molecule has 144 valence electrons. The van der Waals surface area contributed by atoms with Crippen molar-refractivity contribution in [3.63, 3.8) is 0 Å². The molecule has 1 aromatic heterocycles. The van der Waals surface area contributed by atoms with Crippen LogP contribution in [0.3, 0.4) is 0 Å². The fourth-order valence-corrected chi connectivity index (χ4v) is 2.06. The Morgan fingerprint density at radius 2 is 1.56 bits per heavy atom. The lowest BCUT2D eigenvalue weighted by Crippen LogP contribution is -2.23. The number of nitrogens with two attached hydrogens (primary N) is 2. The summed E-state index contributed by atoms with van der Waals surface area (Å²) in [5, 5.41) is 0. The monoisotopic (exact) mass is 382 g/mol. The summed E-state index contributed by atoms with van der Waals surface area (Å²) in [6.45, 7) is 0. The number of anilines is 2. The molecule has 0 saturated carbocycles. The van der Waals surface area contributed by atoms with E-state index in [9.17, 15) is 18.0 Å². The molecule has 27 heavy (non-hydrogen) atoms. The van der Waals surface area contributed by atoms with E-state index >= 15 is 0 Å². The molecule has 0 saturated heterocycles. The third-order valence-electron chi connectivity index (χ3n) is 3.46. The topological polar surface area (TPSA) is 116 Å². The fraction of sp³-hybridized carbons (Fsp3) is 0.176. The number of nitrogens with one attached hydrogen (secondary N) is 1. The maximum atomic E-state index is 12.4. The van der Waals surface area contributed by atoms with Crippen molar-refractivity contribution < 1.29 is 22.6 Å². The number of ether oxygens (including phenoxy) is 2. The first-order chi connectivity index (χ1) is 12.7. The number of benzene rings is 2. The zero-order chi connectivity index (χ0) is 20.2. The Morgan fingerprint density at radius 3 is 2.11 bits per heavy atom. The van der Waals surface area contributed by atoms with Crippen LogP contribution in [0.4, 0.5) is 24.5 Å². The molecule has 2 aromatic carbocycles. The average Bonchev–Trinajstić information content (AvgIpc) is 2.62. The number of rotatable bonds is 2. The van der Waals surface area contributed by atoms with E-state index in [1.165, 1.54) is 25.3 Å². The summed E-state index contributed by atoms with van der Waals surface area (Å²) < 4.78 is 47.0. The highest BCUT2D eigenvalue weighted by atomic mass is 19.4. The Labute approximate surface area is 151 Å². The Morgan fingerprint density at radius 1 is 0.963 bits per heavy atom. The van der Waals surface area contributed by atoms with Crippen molar-refractivity contribution in [1.82, 2.24) is 9.97 Å². The van der Waals surface area contributed by atoms with Gasteiger partial charge in [-0.05, 0) is 24.3 Å². The fourth-order valence-electron chi connectivity index (χ4n) is 2.06. The Balaban J connectivity index is 0.000000223. The highest BCUT2D eigenvalue weighted by Crippen LogP contribution is 2.26. The number of halogens is 3. The summed E-state index contributed by atoms with van der Waals surface area (Å²) in [6, 6.07) is 9.40. The summed E-state index contributed by atoms with van der Waals surface area (Å²) in [6.07, 6.45) is -4.76. The van der Waals surface area contributed by atoms with Gasteiger partial charge in [0.25, 0.3) is 5.56 Å². The highest BCUT2D eigenvalue weighted by Gasteiger charge is 2.36. The minimum atomic E-state index is -4.76. The van der Waals surface area contributed by atoms with Crippen LogP contribution >= 0.6 is 0 Å². The van der Waals surface area contributed by atoms with Crippen molar-refractivity contribution in [3.8, 4) is 11.5 Å². The number of aromatic nitrogens is 2. The number of hydrogen-bond donors (Lipinski definition) is 3. The molecule has 0 bridgehead atoms. The van der Waals surface area contributed by atoms with Crippen LogP contribution in [0.15, 0.2) is 41.2 Å². The van der Waals surface area contributed by atoms with Crippen LogP contribution < -0.4 is 26.5 Å². The number of H-pyrrole nitrogens is 1. The predicted octanol–water partition coefficient (Wildman–Crippen LogP) is 2.81. The lowest BCUT2D eigenvalue weighted by Gasteiger charge is -2.06. The Hall–Kier alpha value is -3.43. The third kappa shape index (κ3) is 4.81. The lowest BCUT2D eigenvalue weighted by atomic mass is 10.2. The molecule has 3 rings (SSSR count). The van der Waals surface area contributed by atoms with Crippen LogP contribution in [0.5, 0.6) is 11.5 Å². The van der Waals surface area contributed by atoms with Crippen LogP contribution in [-0.4, -0.2) is 24.2 Å². The van der Waals surface area contributed by atoms with Gasteiger partial charge in [-0.1, -0.05) is 0 Å². The Bertz CT molecular complexity index is 1000. The molecule has 0 atom stereocenters. The number of fused-ring (bicyclic) bond motifs is 1. The SMILES string of the molecule is COc1ccc(N)c(N)c1.COc1ccc2nc(C(F)(F)F)c(=O)[nH]c2c1. The van der Waals surface area contributed by atoms with E-state index in [0.29, 0.717) is 17.1 Å². The summed E-state index contributed by atoms with van der Waals surface area (Å²) in [4.78, 5) is 16.6. The van der Waals surface area contributed by atoms with Crippen molar-refractivity contribution in [3.05, 3.63) is 52.4 Å². The standard InChI is InChI=1S/C10H7F3N2O2.C7H10N2O/c1-17-5-2-3-6-7(4-5)15-9(16)8(14-6)10(11,12)13;1-10-5-2-3-6(8)7(9)4-5/h2-4H,1H3,(H,15,16);2-4H,8-9H2,1H3. The van der Waals surface area contributed by atoms with Gasteiger partial charge in [0.1, 0.15) is 11.5 Å². The normalized spacial score (nSPS) is 10.9. The summed E-state index contributed by atoms with van der Waals surface area (Å²) >= 11 is 0. The molecule has 10 heteroatoms. The van der Waals surface area contributed by atoms with Gasteiger partial charge in [-0.15, -0.1) is 0 Å². The van der Waals surface area contributed by atoms with E-state index in [4.69, 9.17) is 20.9 Å². The molecule has 0 radical (unpaired) electrons. The first-order valence-electron chi connectivity index (χ1n) is 7.50. The number of alkyl halides is 3. The van der Waals surface area contributed by atoms with Gasteiger partial charge >= 0.3 is 6.18 Å². The van der Waals surface area contributed by atoms with Gasteiger partial charge in [0.05, 0.1) is 36.6 Å². The summed E-state index contributed by atoms with van der Waals surface area (Å²) in [7, 11) is 3.00. The summed E-state index contributed by atoms with van der Waals surface area (Å²) in [5.41, 5.74) is 9.63. The van der Waals surface area contributed by atoms with Crippen molar-refractivity contribution >= 4 is 22.4 Å². The summed E-state index contributed by atoms with van der Waals surface area (Å²) in [5.74, 6) is 1.15. The van der Waals surface area contributed by atoms with Gasteiger partial charge < -0.3 is 25.9 Å². The molecular weight excluding hydrogens is 365 g/mol. The molecule has 7 nitrogen and oxygen atoms in total. The number of nitrogens with zero attached hydrogens (tertiary/aromatic N) is 1. The van der Waals surface area contributed by atoms with E-state index in [1.54, 1.807) is 25.3 Å². The molecule has 0 fully saturated rings. The molecule has 5 N–H and O–H groups in total. The van der Waals surface area contributed by atoms with Crippen LogP contribution in [0.2, 0.25) is 0 Å². The van der Waals surface area contributed by atoms with Gasteiger partial charge in [-0.2, -0.15) is 13.2 Å². The maximum absolute atomic E-state index is 12.4. The van der Waals surface area contributed by atoms with Crippen LogP contribution in [0, 0.1) is 0 Å². The van der Waals surface area contributed by atoms with Crippen molar-refractivity contribution in [2.24, 2.45) is 0 Å². The second-order valence-corrected chi connectivity index (χ2v) is 5.29. The predicted molar refractivity (Wildman–Crippen MR) is 95.7 cm³/mol. The second-order valence-electron chi connectivity index (χ2n) is 5.29. The largest absolute Gasteiger partial charge is 0.497 e. The van der Waals surface area contributed by atoms with E-state index in [-0.39, 0.29) is 11.0 Å². The molecule has 0 unspecified atom stereocenters. The van der Waals surface area contributed by atoms with E-state index in [2.05, 4.69) is 9.97 Å². The first kappa shape index (κ1) is 19.9. The number of methoxy groups -OCH3 is 2. The molecule has 0 spiro atoms. The van der Waals surface area contributed by atoms with Gasteiger partial charge in [0, 0.05) is 12.1 Å². The van der Waals surface area contributed by atoms with Crippen molar-refractivity contribution in [2.75, 3.05) is 25.7 Å². The van der Waals surface area contributed by atoms with Crippen LogP contribution in [-0.2, 0) is 6.18 Å². The highest BCUT2D eigenvalue weighted by molar-refractivity contribution is 5.75. The zero-order valence-corrected chi connectivity index (χ0v) is 14.4.